The summed E-state index contributed by atoms with van der Waals surface area (Å²) in [5, 5.41) is 10.1. The lowest BCUT2D eigenvalue weighted by molar-refractivity contribution is -0.141. The number of alkyl halides is 3. The molecule has 2 aromatic rings. The summed E-state index contributed by atoms with van der Waals surface area (Å²) in [5.74, 6) is 1.99. The van der Waals surface area contributed by atoms with Crippen LogP contribution in [0.15, 0.2) is 36.5 Å². The van der Waals surface area contributed by atoms with Crippen molar-refractivity contribution in [2.24, 2.45) is 17.8 Å². The van der Waals surface area contributed by atoms with Crippen LogP contribution in [0.2, 0.25) is 0 Å². The number of rotatable bonds is 5. The summed E-state index contributed by atoms with van der Waals surface area (Å²) >= 11 is 0. The third-order valence-electron chi connectivity index (χ3n) is 6.88. The van der Waals surface area contributed by atoms with Crippen molar-refractivity contribution in [3.05, 3.63) is 42.2 Å². The van der Waals surface area contributed by atoms with Crippen LogP contribution in [0.25, 0.3) is 0 Å². The molecule has 30 heavy (non-hydrogen) atoms. The highest BCUT2D eigenvalue weighted by Crippen LogP contribution is 2.56. The molecule has 0 radical (unpaired) electrons. The average molecular weight is 418 g/mol. The topological polar surface area (TPSA) is 59.0 Å². The van der Waals surface area contributed by atoms with Crippen molar-refractivity contribution in [1.29, 1.82) is 0 Å². The summed E-state index contributed by atoms with van der Waals surface area (Å²) in [7, 11) is 0. The van der Waals surface area contributed by atoms with E-state index in [2.05, 4.69) is 15.7 Å². The molecule has 4 aliphatic carbocycles. The highest BCUT2D eigenvalue weighted by Gasteiger charge is 2.51. The second-order valence-electron chi connectivity index (χ2n) is 9.31. The maximum atomic E-state index is 12.7. The fraction of sp³-hybridized carbons (Fsp3) is 0.545. The maximum Gasteiger partial charge on any atom is 0.435 e. The fourth-order valence-corrected chi connectivity index (χ4v) is 6.19. The molecule has 0 spiro atoms. The van der Waals surface area contributed by atoms with Gasteiger partial charge in [0, 0.05) is 11.7 Å². The molecule has 4 bridgehead atoms. The predicted molar refractivity (Wildman–Crippen MR) is 107 cm³/mol. The molecule has 1 aromatic heterocycles. The van der Waals surface area contributed by atoms with Crippen LogP contribution < -0.4 is 10.6 Å². The van der Waals surface area contributed by atoms with Gasteiger partial charge < -0.3 is 10.6 Å². The summed E-state index contributed by atoms with van der Waals surface area (Å²) in [6.07, 6.45) is 4.23. The van der Waals surface area contributed by atoms with Crippen LogP contribution in [0.5, 0.6) is 0 Å². The number of nitrogens with one attached hydrogen (secondary N) is 2. The molecule has 160 valence electrons. The number of aromatic nitrogens is 2. The normalized spacial score (nSPS) is 29.8. The van der Waals surface area contributed by atoms with Gasteiger partial charge in [0.05, 0.1) is 11.4 Å². The number of hydrogen-bond acceptors (Lipinski definition) is 3. The van der Waals surface area contributed by atoms with Crippen LogP contribution in [-0.4, -0.2) is 21.2 Å². The third kappa shape index (κ3) is 3.79. The molecular weight excluding hydrogens is 393 g/mol. The Kier molecular flexibility index (Phi) is 4.56. The lowest BCUT2D eigenvalue weighted by Gasteiger charge is -2.57. The van der Waals surface area contributed by atoms with Crippen molar-refractivity contribution in [2.45, 2.75) is 56.8 Å². The Labute approximate surface area is 173 Å². The number of nitrogens with zero attached hydrogens (tertiary/aromatic N) is 2. The number of halogens is 3. The van der Waals surface area contributed by atoms with Crippen LogP contribution in [0.1, 0.15) is 44.2 Å². The number of amides is 1. The molecule has 4 saturated carbocycles. The van der Waals surface area contributed by atoms with Crippen molar-refractivity contribution in [1.82, 2.24) is 9.78 Å². The Morgan fingerprint density at radius 3 is 2.20 bits per heavy atom. The van der Waals surface area contributed by atoms with Crippen molar-refractivity contribution in [3.8, 4) is 0 Å². The first-order valence-electron chi connectivity index (χ1n) is 10.6. The molecule has 5 nitrogen and oxygen atoms in total. The van der Waals surface area contributed by atoms with E-state index in [1.54, 1.807) is 0 Å². The van der Waals surface area contributed by atoms with E-state index in [1.165, 1.54) is 44.7 Å². The van der Waals surface area contributed by atoms with E-state index in [1.807, 2.05) is 24.3 Å². The molecule has 6 rings (SSSR count). The van der Waals surface area contributed by atoms with Gasteiger partial charge in [-0.2, -0.15) is 18.3 Å². The van der Waals surface area contributed by atoms with Crippen LogP contribution in [0, 0.1) is 17.8 Å². The zero-order chi connectivity index (χ0) is 20.9. The average Bonchev–Trinajstić information content (AvgIpc) is 3.11. The SMILES string of the molecule is O=C(Cn1ccc(C(F)(F)F)n1)Nc1ccccc1NC12CC3CC(CC(C3)C1)C2. The van der Waals surface area contributed by atoms with Gasteiger partial charge in [-0.15, -0.1) is 0 Å². The molecule has 4 fully saturated rings. The number of para-hydroxylation sites is 2. The lowest BCUT2D eigenvalue weighted by atomic mass is 9.53. The van der Waals surface area contributed by atoms with Gasteiger partial charge in [-0.05, 0) is 74.5 Å². The summed E-state index contributed by atoms with van der Waals surface area (Å²) in [6, 6.07) is 8.43. The zero-order valence-electron chi connectivity index (χ0n) is 16.6. The van der Waals surface area contributed by atoms with Crippen molar-refractivity contribution in [3.63, 3.8) is 0 Å². The van der Waals surface area contributed by atoms with E-state index >= 15 is 0 Å². The monoisotopic (exact) mass is 418 g/mol. The van der Waals surface area contributed by atoms with Crippen molar-refractivity contribution >= 4 is 17.3 Å². The smallest absolute Gasteiger partial charge is 0.378 e. The van der Waals surface area contributed by atoms with E-state index in [4.69, 9.17) is 0 Å². The number of hydrogen-bond donors (Lipinski definition) is 2. The number of benzene rings is 1. The summed E-state index contributed by atoms with van der Waals surface area (Å²) in [6.45, 7) is -0.276. The summed E-state index contributed by atoms with van der Waals surface area (Å²) < 4.78 is 39.1. The minimum atomic E-state index is -4.52. The first-order chi connectivity index (χ1) is 14.3. The Hall–Kier alpha value is -2.51. The number of carbonyl (C=O) groups excluding carboxylic acids is 1. The first-order valence-corrected chi connectivity index (χ1v) is 10.6. The predicted octanol–water partition coefficient (Wildman–Crippen LogP) is 4.92. The Morgan fingerprint density at radius 2 is 1.63 bits per heavy atom. The van der Waals surface area contributed by atoms with E-state index in [0.717, 1.165) is 34.2 Å². The lowest BCUT2D eigenvalue weighted by Crippen LogP contribution is -2.54. The number of carbonyl (C=O) groups is 1. The molecular formula is C22H25F3N4O. The zero-order valence-corrected chi connectivity index (χ0v) is 16.6. The van der Waals surface area contributed by atoms with Gasteiger partial charge in [0.1, 0.15) is 6.54 Å². The minimum Gasteiger partial charge on any atom is -0.378 e. The van der Waals surface area contributed by atoms with E-state index in [0.29, 0.717) is 5.69 Å². The van der Waals surface area contributed by atoms with Gasteiger partial charge in [0.2, 0.25) is 5.91 Å². The first kappa shape index (κ1) is 19.5. The van der Waals surface area contributed by atoms with Gasteiger partial charge in [-0.3, -0.25) is 9.48 Å². The molecule has 1 heterocycles. The second-order valence-corrected chi connectivity index (χ2v) is 9.31. The molecule has 1 aromatic carbocycles. The van der Waals surface area contributed by atoms with E-state index in [-0.39, 0.29) is 12.1 Å². The molecule has 0 aliphatic heterocycles. The molecule has 0 atom stereocenters. The van der Waals surface area contributed by atoms with Gasteiger partial charge in [0.25, 0.3) is 0 Å². The largest absolute Gasteiger partial charge is 0.435 e. The van der Waals surface area contributed by atoms with Gasteiger partial charge in [0.15, 0.2) is 5.69 Å². The summed E-state index contributed by atoms with van der Waals surface area (Å²) in [4.78, 5) is 12.5. The number of anilines is 2. The van der Waals surface area contributed by atoms with E-state index < -0.39 is 17.8 Å². The third-order valence-corrected chi connectivity index (χ3v) is 6.88. The molecule has 1 amide bonds. The molecule has 2 N–H and O–H groups in total. The van der Waals surface area contributed by atoms with Crippen molar-refractivity contribution in [2.75, 3.05) is 10.6 Å². The molecule has 4 aliphatic rings. The maximum absolute atomic E-state index is 12.7. The van der Waals surface area contributed by atoms with Crippen LogP contribution in [0.3, 0.4) is 0 Å². The Balaban J connectivity index is 1.28. The van der Waals surface area contributed by atoms with Gasteiger partial charge in [-0.25, -0.2) is 0 Å². The minimum absolute atomic E-state index is 0.0964. The summed E-state index contributed by atoms with van der Waals surface area (Å²) in [5.41, 5.74) is 0.629. The molecule has 8 heteroatoms. The van der Waals surface area contributed by atoms with Crippen LogP contribution >= 0.6 is 0 Å². The second kappa shape index (κ2) is 7.03. The highest BCUT2D eigenvalue weighted by molar-refractivity contribution is 5.94. The van der Waals surface area contributed by atoms with Crippen LogP contribution in [-0.2, 0) is 17.5 Å². The Morgan fingerprint density at radius 1 is 1.03 bits per heavy atom. The van der Waals surface area contributed by atoms with Gasteiger partial charge >= 0.3 is 6.18 Å². The standard InChI is InChI=1S/C22H25F3N4O/c23-22(24,25)19-5-6-29(28-19)13-20(30)26-17-3-1-2-4-18(17)27-21-10-14-7-15(11-21)9-16(8-14)12-21/h1-6,14-16,27H,7-13H2,(H,26,30). The van der Waals surface area contributed by atoms with Crippen molar-refractivity contribution < 1.29 is 18.0 Å². The van der Waals surface area contributed by atoms with E-state index in [9.17, 15) is 18.0 Å². The van der Waals surface area contributed by atoms with Gasteiger partial charge in [-0.1, -0.05) is 12.1 Å². The van der Waals surface area contributed by atoms with Crippen LogP contribution in [0.4, 0.5) is 24.5 Å². The fourth-order valence-electron chi connectivity index (χ4n) is 6.19. The Bertz CT molecular complexity index is 917. The quantitative estimate of drug-likeness (QED) is 0.725. The molecule has 0 unspecified atom stereocenters. The highest BCUT2D eigenvalue weighted by atomic mass is 19.4. The molecule has 0 saturated heterocycles.